The Bertz CT molecular complexity index is 218. The van der Waals surface area contributed by atoms with Gasteiger partial charge in [-0.3, -0.25) is 4.90 Å². The van der Waals surface area contributed by atoms with E-state index < -0.39 is 5.54 Å². The lowest BCUT2D eigenvalue weighted by Gasteiger charge is -2.23. The zero-order chi connectivity index (χ0) is 13.1. The first-order valence-corrected chi connectivity index (χ1v) is 5.96. The largest absolute Gasteiger partial charge is 0.383 e. The van der Waals surface area contributed by atoms with Gasteiger partial charge in [-0.2, -0.15) is 5.26 Å². The van der Waals surface area contributed by atoms with Crippen molar-refractivity contribution in [3.05, 3.63) is 0 Å². The van der Waals surface area contributed by atoms with E-state index in [-0.39, 0.29) is 0 Å². The Labute approximate surface area is 104 Å². The van der Waals surface area contributed by atoms with Crippen LogP contribution >= 0.6 is 0 Å². The third-order valence-electron chi connectivity index (χ3n) is 2.65. The molecule has 17 heavy (non-hydrogen) atoms. The van der Waals surface area contributed by atoms with Crippen molar-refractivity contribution >= 4 is 0 Å². The Hall–Kier alpha value is -0.670. The molecule has 0 aromatic rings. The summed E-state index contributed by atoms with van der Waals surface area (Å²) >= 11 is 0. The molecular formula is C12H25N3O2. The van der Waals surface area contributed by atoms with Crippen LogP contribution in [0.4, 0.5) is 0 Å². The number of nitrogens with two attached hydrogens (primary N) is 1. The van der Waals surface area contributed by atoms with E-state index in [1.54, 1.807) is 21.1 Å². The summed E-state index contributed by atoms with van der Waals surface area (Å²) in [5.74, 6) is 0. The van der Waals surface area contributed by atoms with E-state index in [2.05, 4.69) is 11.0 Å². The highest BCUT2D eigenvalue weighted by Crippen LogP contribution is 2.07. The van der Waals surface area contributed by atoms with Crippen LogP contribution in [0.2, 0.25) is 0 Å². The van der Waals surface area contributed by atoms with E-state index in [1.165, 1.54) is 0 Å². The molecule has 0 radical (unpaired) electrons. The van der Waals surface area contributed by atoms with Crippen molar-refractivity contribution in [1.82, 2.24) is 4.90 Å². The first-order chi connectivity index (χ1) is 8.05. The maximum Gasteiger partial charge on any atom is 0.101 e. The van der Waals surface area contributed by atoms with E-state index >= 15 is 0 Å². The van der Waals surface area contributed by atoms with Crippen LogP contribution in [0.15, 0.2) is 0 Å². The molecule has 0 aromatic carbocycles. The Balaban J connectivity index is 3.86. The van der Waals surface area contributed by atoms with Crippen LogP contribution in [0.3, 0.4) is 0 Å². The van der Waals surface area contributed by atoms with E-state index in [9.17, 15) is 0 Å². The van der Waals surface area contributed by atoms with Crippen LogP contribution in [-0.2, 0) is 9.47 Å². The number of nitriles is 1. The smallest absolute Gasteiger partial charge is 0.101 e. The van der Waals surface area contributed by atoms with Crippen molar-refractivity contribution < 1.29 is 9.47 Å². The van der Waals surface area contributed by atoms with Gasteiger partial charge in [0.05, 0.1) is 19.3 Å². The molecule has 0 rings (SSSR count). The third-order valence-corrected chi connectivity index (χ3v) is 2.65. The van der Waals surface area contributed by atoms with Gasteiger partial charge in [0.15, 0.2) is 0 Å². The summed E-state index contributed by atoms with van der Waals surface area (Å²) in [5.41, 5.74) is 5.06. The van der Waals surface area contributed by atoms with Crippen LogP contribution in [-0.4, -0.2) is 57.5 Å². The molecule has 0 spiro atoms. The summed E-state index contributed by atoms with van der Waals surface area (Å²) in [6.45, 7) is 5.87. The summed E-state index contributed by atoms with van der Waals surface area (Å²) in [5, 5.41) is 8.81. The van der Waals surface area contributed by atoms with Gasteiger partial charge >= 0.3 is 0 Å². The fraction of sp³-hybridized carbons (Fsp3) is 0.917. The van der Waals surface area contributed by atoms with Gasteiger partial charge in [-0.15, -0.1) is 0 Å². The minimum atomic E-state index is -0.714. The zero-order valence-corrected chi connectivity index (χ0v) is 11.2. The van der Waals surface area contributed by atoms with Gasteiger partial charge in [0.1, 0.15) is 5.54 Å². The fourth-order valence-electron chi connectivity index (χ4n) is 1.50. The van der Waals surface area contributed by atoms with Gasteiger partial charge in [-0.1, -0.05) is 0 Å². The lowest BCUT2D eigenvalue weighted by Crippen LogP contribution is -2.36. The number of ether oxygens (including phenoxy) is 2. The first-order valence-electron chi connectivity index (χ1n) is 5.96. The molecule has 2 N–H and O–H groups in total. The molecule has 0 saturated heterocycles. The average molecular weight is 243 g/mol. The van der Waals surface area contributed by atoms with Crippen molar-refractivity contribution in [3.63, 3.8) is 0 Å². The number of hydrogen-bond acceptors (Lipinski definition) is 5. The van der Waals surface area contributed by atoms with Crippen molar-refractivity contribution in [3.8, 4) is 6.07 Å². The summed E-state index contributed by atoms with van der Waals surface area (Å²) in [7, 11) is 3.39. The molecule has 100 valence electrons. The van der Waals surface area contributed by atoms with Crippen molar-refractivity contribution in [1.29, 1.82) is 5.26 Å². The van der Waals surface area contributed by atoms with Crippen molar-refractivity contribution in [2.45, 2.75) is 25.3 Å². The minimum absolute atomic E-state index is 0.708. The first kappa shape index (κ1) is 16.3. The summed E-state index contributed by atoms with van der Waals surface area (Å²) < 4.78 is 10.1. The molecule has 1 atom stereocenters. The van der Waals surface area contributed by atoms with Gasteiger partial charge in [-0.05, 0) is 26.3 Å². The zero-order valence-electron chi connectivity index (χ0n) is 11.2. The van der Waals surface area contributed by atoms with Crippen LogP contribution in [0.5, 0.6) is 0 Å². The number of hydrogen-bond donors (Lipinski definition) is 1. The Morgan fingerprint density at radius 3 is 2.12 bits per heavy atom. The van der Waals surface area contributed by atoms with E-state index in [0.29, 0.717) is 19.6 Å². The molecule has 0 amide bonds. The second-order valence-corrected chi connectivity index (χ2v) is 4.46. The van der Waals surface area contributed by atoms with Gasteiger partial charge in [0.2, 0.25) is 0 Å². The molecule has 0 heterocycles. The quantitative estimate of drug-likeness (QED) is 0.608. The molecule has 0 bridgehead atoms. The number of rotatable bonds is 10. The third kappa shape index (κ3) is 9.07. The van der Waals surface area contributed by atoms with Crippen LogP contribution < -0.4 is 5.73 Å². The van der Waals surface area contributed by atoms with Crippen molar-refractivity contribution in [2.24, 2.45) is 5.73 Å². The lowest BCUT2D eigenvalue weighted by atomic mass is 9.99. The molecule has 5 nitrogen and oxygen atoms in total. The molecule has 0 aliphatic carbocycles. The minimum Gasteiger partial charge on any atom is -0.383 e. The van der Waals surface area contributed by atoms with Gasteiger partial charge in [0.25, 0.3) is 0 Å². The van der Waals surface area contributed by atoms with Crippen molar-refractivity contribution in [2.75, 3.05) is 47.1 Å². The maximum atomic E-state index is 8.81. The Morgan fingerprint density at radius 2 is 1.71 bits per heavy atom. The normalized spacial score (nSPS) is 14.6. The van der Waals surface area contributed by atoms with E-state index in [4.69, 9.17) is 20.5 Å². The second-order valence-electron chi connectivity index (χ2n) is 4.46. The van der Waals surface area contributed by atoms with Crippen LogP contribution in [0.1, 0.15) is 19.8 Å². The molecule has 0 saturated carbocycles. The second kappa shape index (κ2) is 9.37. The highest BCUT2D eigenvalue weighted by atomic mass is 16.5. The van der Waals surface area contributed by atoms with Gasteiger partial charge in [0, 0.05) is 27.3 Å². The lowest BCUT2D eigenvalue weighted by molar-refractivity contribution is 0.112. The monoisotopic (exact) mass is 243 g/mol. The average Bonchev–Trinajstić information content (AvgIpc) is 2.31. The fourth-order valence-corrected chi connectivity index (χ4v) is 1.50. The number of nitrogens with zero attached hydrogens (tertiary/aromatic N) is 2. The summed E-state index contributed by atoms with van der Waals surface area (Å²) in [4.78, 5) is 2.26. The highest BCUT2D eigenvalue weighted by Gasteiger charge is 2.17. The van der Waals surface area contributed by atoms with E-state index in [0.717, 1.165) is 26.1 Å². The molecule has 0 fully saturated rings. The molecule has 0 aromatic heterocycles. The molecule has 0 aliphatic heterocycles. The predicted octanol–water partition coefficient (Wildman–Crippen LogP) is 0.602. The van der Waals surface area contributed by atoms with Gasteiger partial charge < -0.3 is 15.2 Å². The summed E-state index contributed by atoms with van der Waals surface area (Å²) in [6, 6.07) is 2.11. The summed E-state index contributed by atoms with van der Waals surface area (Å²) in [6.07, 6.45) is 1.62. The topological polar surface area (TPSA) is 71.5 Å². The van der Waals surface area contributed by atoms with Gasteiger partial charge in [-0.25, -0.2) is 0 Å². The number of methoxy groups -OCH3 is 2. The maximum absolute atomic E-state index is 8.81. The molecule has 0 aliphatic rings. The van der Waals surface area contributed by atoms with Crippen LogP contribution in [0, 0.1) is 11.3 Å². The predicted molar refractivity (Wildman–Crippen MR) is 67.6 cm³/mol. The standard InChI is InChI=1S/C12H25N3O2/c1-12(14,11-13)5-4-6-15(7-9-16-2)8-10-17-3/h4-10,14H2,1-3H3. The van der Waals surface area contributed by atoms with E-state index in [1.807, 2.05) is 0 Å². The highest BCUT2D eigenvalue weighted by molar-refractivity contribution is 5.00. The van der Waals surface area contributed by atoms with Crippen LogP contribution in [0.25, 0.3) is 0 Å². The molecule has 1 unspecified atom stereocenters. The Kier molecular flexibility index (Phi) is 9.00. The molecular weight excluding hydrogens is 218 g/mol. The SMILES string of the molecule is COCCN(CCCC(C)(N)C#N)CCOC. The molecule has 5 heteroatoms. The Morgan fingerprint density at radius 1 is 1.18 bits per heavy atom.